The zero-order valence-electron chi connectivity index (χ0n) is 12.9. The number of hydrogen-bond acceptors (Lipinski definition) is 5. The minimum absolute atomic E-state index is 0.0569. The Labute approximate surface area is 154 Å². The van der Waals surface area contributed by atoms with Crippen LogP contribution in [0, 0.1) is 0 Å². The van der Waals surface area contributed by atoms with Crippen molar-refractivity contribution in [3.63, 3.8) is 0 Å². The molecule has 24 heavy (non-hydrogen) atoms. The summed E-state index contributed by atoms with van der Waals surface area (Å²) in [4.78, 5) is 19.4. The highest BCUT2D eigenvalue weighted by Crippen LogP contribution is 2.26. The van der Waals surface area contributed by atoms with Gasteiger partial charge >= 0.3 is 0 Å². The van der Waals surface area contributed by atoms with Crippen LogP contribution in [0.25, 0.3) is 0 Å². The van der Waals surface area contributed by atoms with Gasteiger partial charge in [0.15, 0.2) is 5.13 Å². The number of thiazole rings is 1. The molecule has 0 saturated carbocycles. The van der Waals surface area contributed by atoms with E-state index in [2.05, 4.69) is 15.2 Å². The number of anilines is 1. The number of amides is 1. The molecule has 0 unspecified atom stereocenters. The minimum Gasteiger partial charge on any atom is -0.379 e. The van der Waals surface area contributed by atoms with Gasteiger partial charge in [-0.2, -0.15) is 0 Å². The molecule has 1 fully saturated rings. The number of rotatable bonds is 5. The van der Waals surface area contributed by atoms with Crippen molar-refractivity contribution in [2.75, 3.05) is 38.2 Å². The molecule has 0 radical (unpaired) electrons. The fourth-order valence-corrected chi connectivity index (χ4v) is 3.67. The van der Waals surface area contributed by atoms with E-state index in [1.165, 1.54) is 11.3 Å². The summed E-state index contributed by atoms with van der Waals surface area (Å²) in [5.74, 6) is -0.0569. The van der Waals surface area contributed by atoms with Crippen LogP contribution >= 0.6 is 34.5 Å². The Hall–Kier alpha value is -1.18. The van der Waals surface area contributed by atoms with Gasteiger partial charge in [0, 0.05) is 40.6 Å². The number of benzene rings is 1. The van der Waals surface area contributed by atoms with Gasteiger partial charge < -0.3 is 10.1 Å². The molecular formula is C16H17Cl2N3O2S. The van der Waals surface area contributed by atoms with E-state index in [0.717, 1.165) is 23.5 Å². The second-order valence-corrected chi connectivity index (χ2v) is 7.44. The summed E-state index contributed by atoms with van der Waals surface area (Å²) in [6.07, 6.45) is 2.39. The van der Waals surface area contributed by atoms with Crippen molar-refractivity contribution in [1.82, 2.24) is 9.88 Å². The maximum Gasteiger partial charge on any atom is 0.240 e. The molecule has 2 aromatic rings. The monoisotopic (exact) mass is 385 g/mol. The second kappa shape index (κ2) is 8.27. The number of carbonyl (C=O) groups is 1. The third-order valence-corrected chi connectivity index (χ3v) is 5.16. The number of hydrogen-bond donors (Lipinski definition) is 1. The van der Waals surface area contributed by atoms with Gasteiger partial charge in [0.2, 0.25) is 5.91 Å². The maximum atomic E-state index is 12.1. The average molecular weight is 386 g/mol. The minimum atomic E-state index is -0.0569. The van der Waals surface area contributed by atoms with Gasteiger partial charge in [0.25, 0.3) is 0 Å². The van der Waals surface area contributed by atoms with Gasteiger partial charge in [0.05, 0.1) is 19.8 Å². The van der Waals surface area contributed by atoms with E-state index in [0.29, 0.717) is 41.4 Å². The van der Waals surface area contributed by atoms with Crippen molar-refractivity contribution < 1.29 is 9.53 Å². The molecule has 128 valence electrons. The van der Waals surface area contributed by atoms with Crippen molar-refractivity contribution >= 4 is 45.6 Å². The molecule has 1 N–H and O–H groups in total. The lowest BCUT2D eigenvalue weighted by atomic mass is 10.1. The quantitative estimate of drug-likeness (QED) is 0.857. The third-order valence-electron chi connectivity index (χ3n) is 3.64. The summed E-state index contributed by atoms with van der Waals surface area (Å²) in [6.45, 7) is 3.27. The molecule has 0 atom stereocenters. The number of ether oxygens (including phenoxy) is 1. The largest absolute Gasteiger partial charge is 0.379 e. The number of aromatic nitrogens is 1. The van der Waals surface area contributed by atoms with Crippen molar-refractivity contribution in [2.45, 2.75) is 6.42 Å². The molecule has 3 rings (SSSR count). The fraction of sp³-hybridized carbons (Fsp3) is 0.375. The Morgan fingerprint density at radius 1 is 1.33 bits per heavy atom. The molecule has 1 aliphatic heterocycles. The Morgan fingerprint density at radius 3 is 2.92 bits per heavy atom. The SMILES string of the molecule is O=C(CN1CCOCC1)Nc1ncc(Cc2cc(Cl)ccc2Cl)s1. The van der Waals surface area contributed by atoms with Crippen molar-refractivity contribution in [2.24, 2.45) is 0 Å². The first-order chi connectivity index (χ1) is 11.6. The van der Waals surface area contributed by atoms with E-state index in [1.807, 2.05) is 6.07 Å². The van der Waals surface area contributed by atoms with Crippen LogP contribution in [-0.2, 0) is 16.0 Å². The van der Waals surface area contributed by atoms with Crippen molar-refractivity contribution in [3.8, 4) is 0 Å². The predicted octanol–water partition coefficient (Wildman–Crippen LogP) is 3.31. The molecule has 2 heterocycles. The molecule has 1 aromatic heterocycles. The van der Waals surface area contributed by atoms with Crippen molar-refractivity contribution in [1.29, 1.82) is 0 Å². The Bertz CT molecular complexity index is 717. The summed E-state index contributed by atoms with van der Waals surface area (Å²) in [6, 6.07) is 5.39. The third kappa shape index (κ3) is 4.91. The molecule has 0 spiro atoms. The molecule has 0 bridgehead atoms. The van der Waals surface area contributed by atoms with Crippen LogP contribution in [0.5, 0.6) is 0 Å². The van der Waals surface area contributed by atoms with Crippen LogP contribution < -0.4 is 5.32 Å². The topological polar surface area (TPSA) is 54.5 Å². The highest BCUT2D eigenvalue weighted by atomic mass is 35.5. The van der Waals surface area contributed by atoms with Gasteiger partial charge in [0.1, 0.15) is 0 Å². The van der Waals surface area contributed by atoms with Crippen LogP contribution in [0.1, 0.15) is 10.4 Å². The lowest BCUT2D eigenvalue weighted by Gasteiger charge is -2.25. The molecule has 8 heteroatoms. The highest BCUT2D eigenvalue weighted by molar-refractivity contribution is 7.15. The lowest BCUT2D eigenvalue weighted by Crippen LogP contribution is -2.41. The maximum absolute atomic E-state index is 12.1. The zero-order valence-corrected chi connectivity index (χ0v) is 15.3. The van der Waals surface area contributed by atoms with Gasteiger partial charge in [-0.1, -0.05) is 23.2 Å². The molecule has 5 nitrogen and oxygen atoms in total. The van der Waals surface area contributed by atoms with Gasteiger partial charge in [-0.05, 0) is 23.8 Å². The van der Waals surface area contributed by atoms with Gasteiger partial charge in [-0.3, -0.25) is 9.69 Å². The first kappa shape index (κ1) is 17.6. The fourth-order valence-electron chi connectivity index (χ4n) is 2.43. The number of nitrogens with one attached hydrogen (secondary N) is 1. The first-order valence-corrected chi connectivity index (χ1v) is 9.16. The molecular weight excluding hydrogens is 369 g/mol. The average Bonchev–Trinajstić information content (AvgIpc) is 2.99. The summed E-state index contributed by atoms with van der Waals surface area (Å²) < 4.78 is 5.27. The van der Waals surface area contributed by atoms with E-state index >= 15 is 0 Å². The van der Waals surface area contributed by atoms with Crippen LogP contribution in [0.4, 0.5) is 5.13 Å². The molecule has 0 aliphatic carbocycles. The van der Waals surface area contributed by atoms with Gasteiger partial charge in [-0.25, -0.2) is 4.98 Å². The summed E-state index contributed by atoms with van der Waals surface area (Å²) >= 11 is 13.6. The molecule has 1 aliphatic rings. The normalized spacial score (nSPS) is 15.4. The van der Waals surface area contributed by atoms with E-state index in [1.54, 1.807) is 18.3 Å². The Morgan fingerprint density at radius 2 is 2.12 bits per heavy atom. The number of carbonyl (C=O) groups excluding carboxylic acids is 1. The summed E-state index contributed by atoms with van der Waals surface area (Å²) in [7, 11) is 0. The zero-order chi connectivity index (χ0) is 16.9. The van der Waals surface area contributed by atoms with E-state index in [4.69, 9.17) is 27.9 Å². The second-order valence-electron chi connectivity index (χ2n) is 5.48. The van der Waals surface area contributed by atoms with Gasteiger partial charge in [-0.15, -0.1) is 11.3 Å². The molecule has 1 saturated heterocycles. The van der Waals surface area contributed by atoms with Crippen LogP contribution in [-0.4, -0.2) is 48.6 Å². The summed E-state index contributed by atoms with van der Waals surface area (Å²) in [5.41, 5.74) is 0.944. The van der Waals surface area contributed by atoms with Crippen LogP contribution in [0.2, 0.25) is 10.0 Å². The number of nitrogens with zero attached hydrogens (tertiary/aromatic N) is 2. The number of halogens is 2. The van der Waals surface area contributed by atoms with Crippen molar-refractivity contribution in [3.05, 3.63) is 44.9 Å². The van der Waals surface area contributed by atoms with E-state index < -0.39 is 0 Å². The predicted molar refractivity (Wildman–Crippen MR) is 97.3 cm³/mol. The van der Waals surface area contributed by atoms with E-state index in [9.17, 15) is 4.79 Å². The number of morpholine rings is 1. The molecule has 1 aromatic carbocycles. The van der Waals surface area contributed by atoms with E-state index in [-0.39, 0.29) is 5.91 Å². The molecule has 1 amide bonds. The Balaban J connectivity index is 1.57. The standard InChI is InChI=1S/C16H17Cl2N3O2S/c17-12-1-2-14(18)11(7-12)8-13-9-19-16(24-13)20-15(22)10-21-3-5-23-6-4-21/h1-2,7,9H,3-6,8,10H2,(H,19,20,22). The first-order valence-electron chi connectivity index (χ1n) is 7.59. The van der Waals surface area contributed by atoms with Crippen LogP contribution in [0.15, 0.2) is 24.4 Å². The smallest absolute Gasteiger partial charge is 0.240 e. The Kier molecular flexibility index (Phi) is 6.08. The lowest BCUT2D eigenvalue weighted by molar-refractivity contribution is -0.118. The summed E-state index contributed by atoms with van der Waals surface area (Å²) in [5, 5.41) is 4.77. The highest BCUT2D eigenvalue weighted by Gasteiger charge is 2.15. The van der Waals surface area contributed by atoms with Crippen LogP contribution in [0.3, 0.4) is 0 Å².